The predicted octanol–water partition coefficient (Wildman–Crippen LogP) is 0.689. The van der Waals surface area contributed by atoms with Crippen LogP contribution in [0.3, 0.4) is 0 Å². The van der Waals surface area contributed by atoms with Crippen LogP contribution in [0, 0.1) is 5.92 Å². The normalized spacial score (nSPS) is 12.1. The standard InChI is InChI=1S/C15H16N2O5/c1-8(2)13(14(19)20)17-15(21)16-10-4-5-11-9(7-10)3-6-12(18)22-11/h3-8,13H,1-2H3,(H,19,20)(H2,16,17,21)/p-1/t13-/m0/s1. The zero-order valence-corrected chi connectivity index (χ0v) is 12.1. The molecule has 0 unspecified atom stereocenters. The van der Waals surface area contributed by atoms with Gasteiger partial charge in [0, 0.05) is 17.1 Å². The summed E-state index contributed by atoms with van der Waals surface area (Å²) in [6.07, 6.45) is 0. The Hall–Kier alpha value is -2.83. The molecule has 0 aliphatic carbocycles. The van der Waals surface area contributed by atoms with Gasteiger partial charge in [0.05, 0.1) is 12.0 Å². The Morgan fingerprint density at radius 3 is 2.55 bits per heavy atom. The Morgan fingerprint density at radius 1 is 1.18 bits per heavy atom. The summed E-state index contributed by atoms with van der Waals surface area (Å²) in [5.74, 6) is -1.65. The van der Waals surface area contributed by atoms with Crippen molar-refractivity contribution < 1.29 is 19.1 Å². The lowest BCUT2D eigenvalue weighted by atomic mass is 10.1. The summed E-state index contributed by atoms with van der Waals surface area (Å²) in [5.41, 5.74) is 0.382. The lowest BCUT2D eigenvalue weighted by Crippen LogP contribution is -2.51. The van der Waals surface area contributed by atoms with Crippen molar-refractivity contribution in [1.82, 2.24) is 5.32 Å². The van der Waals surface area contributed by atoms with E-state index in [-0.39, 0.29) is 5.92 Å². The molecule has 0 aliphatic rings. The first kappa shape index (κ1) is 15.6. The van der Waals surface area contributed by atoms with E-state index in [4.69, 9.17) is 4.42 Å². The van der Waals surface area contributed by atoms with Crippen LogP contribution < -0.4 is 21.4 Å². The van der Waals surface area contributed by atoms with Crippen LogP contribution in [0.4, 0.5) is 10.5 Å². The summed E-state index contributed by atoms with van der Waals surface area (Å²) in [6, 6.07) is 5.82. The highest BCUT2D eigenvalue weighted by Gasteiger charge is 2.17. The Labute approximate surface area is 125 Å². The maximum atomic E-state index is 11.8. The second-order valence-electron chi connectivity index (χ2n) is 5.15. The van der Waals surface area contributed by atoms with Crippen molar-refractivity contribution >= 4 is 28.7 Å². The van der Waals surface area contributed by atoms with Gasteiger partial charge in [0.25, 0.3) is 0 Å². The second-order valence-corrected chi connectivity index (χ2v) is 5.15. The quantitative estimate of drug-likeness (QED) is 0.807. The Balaban J connectivity index is 2.13. The van der Waals surface area contributed by atoms with Gasteiger partial charge in [-0.05, 0) is 30.2 Å². The molecular formula is C15H15N2O5-. The molecule has 0 saturated heterocycles. The summed E-state index contributed by atoms with van der Waals surface area (Å²) < 4.78 is 4.98. The van der Waals surface area contributed by atoms with E-state index in [9.17, 15) is 19.5 Å². The van der Waals surface area contributed by atoms with Crippen molar-refractivity contribution in [2.75, 3.05) is 5.32 Å². The average Bonchev–Trinajstić information content (AvgIpc) is 2.44. The van der Waals surface area contributed by atoms with E-state index in [2.05, 4.69) is 10.6 Å². The number of aliphatic carboxylic acids is 1. The molecule has 2 aromatic rings. The monoisotopic (exact) mass is 303 g/mol. The van der Waals surface area contributed by atoms with Crippen molar-refractivity contribution in [3.8, 4) is 0 Å². The molecular weight excluding hydrogens is 288 g/mol. The number of nitrogens with one attached hydrogen (secondary N) is 2. The van der Waals surface area contributed by atoms with Gasteiger partial charge in [-0.25, -0.2) is 9.59 Å². The molecule has 2 amide bonds. The van der Waals surface area contributed by atoms with Gasteiger partial charge in [0.15, 0.2) is 0 Å². The number of fused-ring (bicyclic) bond motifs is 1. The van der Waals surface area contributed by atoms with Gasteiger partial charge in [0.2, 0.25) is 0 Å². The van der Waals surface area contributed by atoms with E-state index in [0.29, 0.717) is 16.7 Å². The van der Waals surface area contributed by atoms with Crippen LogP contribution in [0.2, 0.25) is 0 Å². The maximum Gasteiger partial charge on any atom is 0.336 e. The molecule has 2 rings (SSSR count). The zero-order valence-electron chi connectivity index (χ0n) is 12.1. The van der Waals surface area contributed by atoms with Crippen molar-refractivity contribution in [3.05, 3.63) is 40.8 Å². The third kappa shape index (κ3) is 3.63. The summed E-state index contributed by atoms with van der Waals surface area (Å²) >= 11 is 0. The number of benzene rings is 1. The predicted molar refractivity (Wildman–Crippen MR) is 78.3 cm³/mol. The van der Waals surface area contributed by atoms with Gasteiger partial charge in [0.1, 0.15) is 5.58 Å². The zero-order chi connectivity index (χ0) is 16.3. The largest absolute Gasteiger partial charge is 0.548 e. The van der Waals surface area contributed by atoms with E-state index >= 15 is 0 Å². The lowest BCUT2D eigenvalue weighted by Gasteiger charge is -2.23. The van der Waals surface area contributed by atoms with E-state index < -0.39 is 23.7 Å². The molecule has 1 atom stereocenters. The topological polar surface area (TPSA) is 111 Å². The Bertz CT molecular complexity index is 766. The first-order chi connectivity index (χ1) is 10.4. The highest BCUT2D eigenvalue weighted by Crippen LogP contribution is 2.17. The number of amides is 2. The van der Waals surface area contributed by atoms with Gasteiger partial charge in [-0.2, -0.15) is 0 Å². The third-order valence-electron chi connectivity index (χ3n) is 3.08. The van der Waals surface area contributed by atoms with Gasteiger partial charge in [-0.15, -0.1) is 0 Å². The van der Waals surface area contributed by atoms with E-state index in [0.717, 1.165) is 0 Å². The summed E-state index contributed by atoms with van der Waals surface area (Å²) in [5, 5.41) is 16.4. The molecule has 116 valence electrons. The number of urea groups is 1. The van der Waals surface area contributed by atoms with Gasteiger partial charge < -0.3 is 25.0 Å². The van der Waals surface area contributed by atoms with Crippen LogP contribution >= 0.6 is 0 Å². The number of anilines is 1. The van der Waals surface area contributed by atoms with E-state index in [1.54, 1.807) is 38.1 Å². The lowest BCUT2D eigenvalue weighted by molar-refractivity contribution is -0.309. The highest BCUT2D eigenvalue weighted by molar-refractivity contribution is 5.94. The van der Waals surface area contributed by atoms with Crippen molar-refractivity contribution in [3.63, 3.8) is 0 Å². The Kier molecular flexibility index (Phi) is 4.45. The molecule has 0 aliphatic heterocycles. The number of carboxylic acids is 1. The molecule has 1 aromatic heterocycles. The second kappa shape index (κ2) is 6.30. The van der Waals surface area contributed by atoms with Gasteiger partial charge in [-0.1, -0.05) is 13.8 Å². The maximum absolute atomic E-state index is 11.8. The molecule has 0 spiro atoms. The van der Waals surface area contributed by atoms with Crippen LogP contribution in [0.25, 0.3) is 11.0 Å². The van der Waals surface area contributed by atoms with Crippen LogP contribution in [-0.4, -0.2) is 18.0 Å². The van der Waals surface area contributed by atoms with Crippen LogP contribution in [0.5, 0.6) is 0 Å². The molecule has 7 nitrogen and oxygen atoms in total. The summed E-state index contributed by atoms with van der Waals surface area (Å²) in [7, 11) is 0. The smallest absolute Gasteiger partial charge is 0.336 e. The number of carboxylic acid groups (broad SMARTS) is 1. The SMILES string of the molecule is CC(C)[C@H](NC(=O)Nc1ccc2oc(=O)ccc2c1)C(=O)[O-]. The number of carbonyl (C=O) groups excluding carboxylic acids is 2. The number of hydrogen-bond donors (Lipinski definition) is 2. The first-order valence-corrected chi connectivity index (χ1v) is 6.69. The van der Waals surface area contributed by atoms with E-state index in [1.165, 1.54) is 6.07 Å². The molecule has 1 heterocycles. The summed E-state index contributed by atoms with van der Waals surface area (Å²) in [6.45, 7) is 3.33. The molecule has 2 N–H and O–H groups in total. The molecule has 0 saturated carbocycles. The van der Waals surface area contributed by atoms with Crippen molar-refractivity contribution in [2.45, 2.75) is 19.9 Å². The first-order valence-electron chi connectivity index (χ1n) is 6.69. The van der Waals surface area contributed by atoms with Crippen LogP contribution in [0.1, 0.15) is 13.8 Å². The fourth-order valence-corrected chi connectivity index (χ4v) is 1.96. The Morgan fingerprint density at radius 2 is 1.91 bits per heavy atom. The highest BCUT2D eigenvalue weighted by atomic mass is 16.4. The fraction of sp³-hybridized carbons (Fsp3) is 0.267. The van der Waals surface area contributed by atoms with E-state index in [1.807, 2.05) is 0 Å². The molecule has 0 bridgehead atoms. The fourth-order valence-electron chi connectivity index (χ4n) is 1.96. The summed E-state index contributed by atoms with van der Waals surface area (Å²) in [4.78, 5) is 33.9. The van der Waals surface area contributed by atoms with Gasteiger partial charge >= 0.3 is 11.7 Å². The van der Waals surface area contributed by atoms with Gasteiger partial charge in [-0.3, -0.25) is 0 Å². The van der Waals surface area contributed by atoms with Crippen molar-refractivity contribution in [1.29, 1.82) is 0 Å². The molecule has 1 aromatic carbocycles. The molecule has 0 fully saturated rings. The molecule has 22 heavy (non-hydrogen) atoms. The average molecular weight is 303 g/mol. The number of rotatable bonds is 4. The third-order valence-corrected chi connectivity index (χ3v) is 3.08. The minimum Gasteiger partial charge on any atom is -0.548 e. The number of carbonyl (C=O) groups is 2. The molecule has 0 radical (unpaired) electrons. The minimum atomic E-state index is -1.34. The minimum absolute atomic E-state index is 0.304. The van der Waals surface area contributed by atoms with Crippen LogP contribution in [0.15, 0.2) is 39.5 Å². The number of hydrogen-bond acceptors (Lipinski definition) is 5. The van der Waals surface area contributed by atoms with Crippen molar-refractivity contribution in [2.24, 2.45) is 5.92 Å². The molecule has 7 heteroatoms. The van der Waals surface area contributed by atoms with Crippen LogP contribution in [-0.2, 0) is 4.79 Å².